The van der Waals surface area contributed by atoms with E-state index in [2.05, 4.69) is 10.1 Å². The van der Waals surface area contributed by atoms with Crippen molar-refractivity contribution in [2.45, 2.75) is 13.3 Å². The summed E-state index contributed by atoms with van der Waals surface area (Å²) in [6.45, 7) is 1.85. The van der Waals surface area contributed by atoms with Gasteiger partial charge in [-0.3, -0.25) is 9.59 Å². The highest BCUT2D eigenvalue weighted by Gasteiger charge is 2.22. The number of benzene rings is 1. The molecule has 0 saturated heterocycles. The van der Waals surface area contributed by atoms with E-state index in [1.807, 2.05) is 38.2 Å². The molecule has 4 rings (SSSR count). The summed E-state index contributed by atoms with van der Waals surface area (Å²) in [5.74, 6) is 0.311. The van der Waals surface area contributed by atoms with Gasteiger partial charge in [-0.05, 0) is 31.2 Å². The molecule has 4 aromatic rings. The van der Waals surface area contributed by atoms with E-state index >= 15 is 0 Å². The number of carbonyl (C=O) groups is 1. The van der Waals surface area contributed by atoms with E-state index < -0.39 is 0 Å². The molecule has 0 radical (unpaired) electrons. The van der Waals surface area contributed by atoms with Crippen molar-refractivity contribution in [2.75, 3.05) is 14.1 Å². The molecule has 0 spiro atoms. The molecule has 3 heterocycles. The van der Waals surface area contributed by atoms with Gasteiger partial charge in [-0.2, -0.15) is 9.78 Å². The monoisotopic (exact) mass is 409 g/mol. The van der Waals surface area contributed by atoms with Crippen LogP contribution in [-0.4, -0.2) is 44.2 Å². The van der Waals surface area contributed by atoms with Crippen molar-refractivity contribution in [1.82, 2.24) is 24.2 Å². The standard InChI is InChI=1S/C21H20ClN5O2/c1-12-6-5-7-17(23-12)27-21(29)20-19(15(24-27)11-18(28)25(2)3)14-9-8-13(22)10-16(14)26(20)4/h5-10H,11H2,1-4H3. The Morgan fingerprint density at radius 1 is 1.21 bits per heavy atom. The van der Waals surface area contributed by atoms with Gasteiger partial charge in [0, 0.05) is 42.6 Å². The predicted molar refractivity (Wildman–Crippen MR) is 114 cm³/mol. The van der Waals surface area contributed by atoms with Crippen LogP contribution in [0.4, 0.5) is 0 Å². The lowest BCUT2D eigenvalue weighted by Crippen LogP contribution is -2.28. The number of halogens is 1. The Bertz CT molecular complexity index is 1340. The van der Waals surface area contributed by atoms with Crippen LogP contribution in [0.1, 0.15) is 11.4 Å². The van der Waals surface area contributed by atoms with Crippen molar-refractivity contribution in [3.8, 4) is 5.82 Å². The van der Waals surface area contributed by atoms with E-state index in [0.717, 1.165) is 16.6 Å². The number of aryl methyl sites for hydroxylation is 2. The van der Waals surface area contributed by atoms with Crippen molar-refractivity contribution in [3.63, 3.8) is 0 Å². The maximum Gasteiger partial charge on any atom is 0.297 e. The number of rotatable bonds is 3. The largest absolute Gasteiger partial charge is 0.348 e. The van der Waals surface area contributed by atoms with Crippen molar-refractivity contribution >= 4 is 39.3 Å². The van der Waals surface area contributed by atoms with E-state index in [1.165, 1.54) is 9.58 Å². The molecule has 0 aliphatic rings. The summed E-state index contributed by atoms with van der Waals surface area (Å²) in [6.07, 6.45) is 0.0668. The van der Waals surface area contributed by atoms with Crippen LogP contribution in [0.2, 0.25) is 5.02 Å². The molecule has 1 aromatic carbocycles. The van der Waals surface area contributed by atoms with Gasteiger partial charge in [-0.1, -0.05) is 23.7 Å². The molecule has 0 aliphatic heterocycles. The zero-order chi connectivity index (χ0) is 20.9. The van der Waals surface area contributed by atoms with E-state index in [-0.39, 0.29) is 17.9 Å². The molecule has 7 nitrogen and oxygen atoms in total. The lowest BCUT2D eigenvalue weighted by Gasteiger charge is -2.12. The van der Waals surface area contributed by atoms with Crippen molar-refractivity contribution in [1.29, 1.82) is 0 Å². The summed E-state index contributed by atoms with van der Waals surface area (Å²) in [4.78, 5) is 31.8. The van der Waals surface area contributed by atoms with Crippen LogP contribution in [-0.2, 0) is 18.3 Å². The zero-order valence-corrected chi connectivity index (χ0v) is 17.4. The van der Waals surface area contributed by atoms with Gasteiger partial charge in [0.25, 0.3) is 5.56 Å². The van der Waals surface area contributed by atoms with Crippen molar-refractivity contribution in [2.24, 2.45) is 7.05 Å². The normalized spacial score (nSPS) is 11.3. The Kier molecular flexibility index (Phi) is 4.62. The first kappa shape index (κ1) is 19.1. The molecule has 148 valence electrons. The fourth-order valence-electron chi connectivity index (χ4n) is 3.50. The van der Waals surface area contributed by atoms with Crippen LogP contribution in [0.25, 0.3) is 27.6 Å². The number of hydrogen-bond donors (Lipinski definition) is 0. The molecule has 0 atom stereocenters. The predicted octanol–water partition coefficient (Wildman–Crippen LogP) is 2.86. The fourth-order valence-corrected chi connectivity index (χ4v) is 3.66. The van der Waals surface area contributed by atoms with Gasteiger partial charge in [0.2, 0.25) is 5.91 Å². The van der Waals surface area contributed by atoms with Crippen LogP contribution < -0.4 is 5.56 Å². The number of pyridine rings is 1. The summed E-state index contributed by atoms with van der Waals surface area (Å²) in [7, 11) is 5.20. The number of likely N-dealkylation sites (N-methyl/N-ethyl adjacent to an activating group) is 1. The minimum atomic E-state index is -0.297. The van der Waals surface area contributed by atoms with Crippen LogP contribution >= 0.6 is 11.6 Å². The second kappa shape index (κ2) is 7.00. The van der Waals surface area contributed by atoms with Gasteiger partial charge in [0.1, 0.15) is 5.52 Å². The van der Waals surface area contributed by atoms with Gasteiger partial charge in [-0.15, -0.1) is 0 Å². The van der Waals surface area contributed by atoms with E-state index in [1.54, 1.807) is 30.8 Å². The lowest BCUT2D eigenvalue weighted by molar-refractivity contribution is -0.128. The first-order valence-corrected chi connectivity index (χ1v) is 9.49. The Morgan fingerprint density at radius 2 is 1.97 bits per heavy atom. The van der Waals surface area contributed by atoms with Gasteiger partial charge < -0.3 is 9.47 Å². The molecule has 3 aromatic heterocycles. The Balaban J connectivity index is 2.13. The molecule has 0 saturated carbocycles. The second-order valence-electron chi connectivity index (χ2n) is 7.21. The maximum atomic E-state index is 13.4. The summed E-state index contributed by atoms with van der Waals surface area (Å²) >= 11 is 6.19. The molecular weight excluding hydrogens is 390 g/mol. The minimum absolute atomic E-state index is 0.0668. The van der Waals surface area contributed by atoms with Crippen LogP contribution in [0.15, 0.2) is 41.2 Å². The van der Waals surface area contributed by atoms with Gasteiger partial charge >= 0.3 is 0 Å². The van der Waals surface area contributed by atoms with Crippen LogP contribution in [0.5, 0.6) is 0 Å². The molecule has 0 fully saturated rings. The molecule has 1 amide bonds. The fraction of sp³-hybridized carbons (Fsp3) is 0.238. The van der Waals surface area contributed by atoms with E-state index in [4.69, 9.17) is 11.6 Å². The number of nitrogens with zero attached hydrogens (tertiary/aromatic N) is 5. The molecule has 0 unspecified atom stereocenters. The van der Waals surface area contributed by atoms with Gasteiger partial charge in [-0.25, -0.2) is 4.98 Å². The topological polar surface area (TPSA) is 73.0 Å². The molecule has 0 N–H and O–H groups in total. The molecule has 8 heteroatoms. The number of fused-ring (bicyclic) bond motifs is 3. The maximum absolute atomic E-state index is 13.4. The SMILES string of the molecule is Cc1cccc(-n2nc(CC(=O)N(C)C)c3c4ccc(Cl)cc4n(C)c3c2=O)n1. The zero-order valence-electron chi connectivity index (χ0n) is 16.6. The average molecular weight is 410 g/mol. The smallest absolute Gasteiger partial charge is 0.297 e. The first-order valence-electron chi connectivity index (χ1n) is 9.12. The molecule has 29 heavy (non-hydrogen) atoms. The minimum Gasteiger partial charge on any atom is -0.348 e. The first-order chi connectivity index (χ1) is 13.8. The van der Waals surface area contributed by atoms with Crippen molar-refractivity contribution < 1.29 is 4.79 Å². The highest BCUT2D eigenvalue weighted by Crippen LogP contribution is 2.30. The Labute approximate surface area is 172 Å². The number of amides is 1. The van der Waals surface area contributed by atoms with Gasteiger partial charge in [0.05, 0.1) is 17.6 Å². The molecule has 0 aliphatic carbocycles. The highest BCUT2D eigenvalue weighted by atomic mass is 35.5. The van der Waals surface area contributed by atoms with Crippen LogP contribution in [0, 0.1) is 6.92 Å². The second-order valence-corrected chi connectivity index (χ2v) is 7.65. The quantitative estimate of drug-likeness (QED) is 0.521. The molecular formula is C21H20ClN5O2. The summed E-state index contributed by atoms with van der Waals surface area (Å²) in [5, 5.41) is 6.65. The van der Waals surface area contributed by atoms with Crippen LogP contribution in [0.3, 0.4) is 0 Å². The molecule has 0 bridgehead atoms. The third kappa shape index (κ3) is 3.17. The average Bonchev–Trinajstić information content (AvgIpc) is 2.96. The Morgan fingerprint density at radius 3 is 2.66 bits per heavy atom. The number of hydrogen-bond acceptors (Lipinski definition) is 4. The van der Waals surface area contributed by atoms with E-state index in [9.17, 15) is 9.59 Å². The summed E-state index contributed by atoms with van der Waals surface area (Å²) in [6, 6.07) is 10.8. The third-order valence-electron chi connectivity index (χ3n) is 4.98. The van der Waals surface area contributed by atoms with Gasteiger partial charge in [0.15, 0.2) is 5.82 Å². The Hall–Kier alpha value is -3.19. The van der Waals surface area contributed by atoms with Crippen molar-refractivity contribution in [3.05, 3.63) is 63.2 Å². The number of carbonyl (C=O) groups excluding carboxylic acids is 1. The summed E-state index contributed by atoms with van der Waals surface area (Å²) < 4.78 is 3.07. The van der Waals surface area contributed by atoms with E-state index in [0.29, 0.717) is 27.4 Å². The third-order valence-corrected chi connectivity index (χ3v) is 5.21. The highest BCUT2D eigenvalue weighted by molar-refractivity contribution is 6.31. The number of aromatic nitrogens is 4. The summed E-state index contributed by atoms with van der Waals surface area (Å²) in [5.41, 5.74) is 2.26. The lowest BCUT2D eigenvalue weighted by atomic mass is 10.1.